The molecule has 1 unspecified atom stereocenters. The molecule has 10 heteroatoms. The highest BCUT2D eigenvalue weighted by atomic mass is 19.1. The van der Waals surface area contributed by atoms with E-state index in [-0.39, 0.29) is 42.4 Å². The molecule has 2 atom stereocenters. The van der Waals surface area contributed by atoms with Crippen molar-refractivity contribution in [1.29, 1.82) is 0 Å². The Bertz CT molecular complexity index is 1210. The van der Waals surface area contributed by atoms with E-state index < -0.39 is 23.9 Å². The molecule has 0 spiro atoms. The van der Waals surface area contributed by atoms with E-state index in [4.69, 9.17) is 4.74 Å². The van der Waals surface area contributed by atoms with Crippen molar-refractivity contribution >= 4 is 17.2 Å². The summed E-state index contributed by atoms with van der Waals surface area (Å²) >= 11 is 0. The molecule has 0 bridgehead atoms. The number of halogens is 3. The number of hydrogen-bond donors (Lipinski definition) is 1. The zero-order valence-corrected chi connectivity index (χ0v) is 18.3. The van der Waals surface area contributed by atoms with Gasteiger partial charge in [0.2, 0.25) is 0 Å². The molecule has 0 fully saturated rings. The van der Waals surface area contributed by atoms with Gasteiger partial charge in [-0.2, -0.15) is 15.0 Å². The van der Waals surface area contributed by atoms with E-state index in [9.17, 15) is 18.0 Å². The SMILES string of the molecule is COCC(F)[C@@H](Cn1nccn1)NC(=O)c1cccc(F)c1C1=NCC(c2ccc(F)cc2)=C1. The van der Waals surface area contributed by atoms with Crippen molar-refractivity contribution in [1.82, 2.24) is 20.3 Å². The third-order valence-electron chi connectivity index (χ3n) is 5.37. The Labute approximate surface area is 194 Å². The quantitative estimate of drug-likeness (QED) is 0.522. The second kappa shape index (κ2) is 10.4. The number of aromatic nitrogens is 3. The molecule has 1 N–H and O–H groups in total. The number of hydrogen-bond acceptors (Lipinski definition) is 5. The highest BCUT2D eigenvalue weighted by Crippen LogP contribution is 2.25. The highest BCUT2D eigenvalue weighted by Gasteiger charge is 2.28. The lowest BCUT2D eigenvalue weighted by Crippen LogP contribution is -2.46. The van der Waals surface area contributed by atoms with Crippen molar-refractivity contribution < 1.29 is 22.7 Å². The summed E-state index contributed by atoms with van der Waals surface area (Å²) in [6.07, 6.45) is 2.99. The smallest absolute Gasteiger partial charge is 0.252 e. The van der Waals surface area contributed by atoms with Crippen LogP contribution in [0, 0.1) is 11.6 Å². The molecule has 1 amide bonds. The molecule has 34 heavy (non-hydrogen) atoms. The number of allylic oxidation sites excluding steroid dienone is 1. The Balaban J connectivity index is 1.60. The lowest BCUT2D eigenvalue weighted by atomic mass is 9.99. The van der Waals surface area contributed by atoms with E-state index >= 15 is 0 Å². The van der Waals surface area contributed by atoms with Crippen LogP contribution in [0.5, 0.6) is 0 Å². The molecule has 3 aromatic rings. The maximum Gasteiger partial charge on any atom is 0.252 e. The van der Waals surface area contributed by atoms with Gasteiger partial charge < -0.3 is 10.1 Å². The van der Waals surface area contributed by atoms with Gasteiger partial charge in [-0.25, -0.2) is 13.2 Å². The summed E-state index contributed by atoms with van der Waals surface area (Å²) in [6.45, 7) is -0.0352. The molecule has 0 saturated heterocycles. The van der Waals surface area contributed by atoms with Crippen LogP contribution in [-0.2, 0) is 11.3 Å². The minimum atomic E-state index is -1.55. The molecule has 2 heterocycles. The van der Waals surface area contributed by atoms with Crippen LogP contribution in [-0.4, -0.2) is 59.1 Å². The third kappa shape index (κ3) is 5.23. The lowest BCUT2D eigenvalue weighted by molar-refractivity contribution is 0.0757. The van der Waals surface area contributed by atoms with Crippen molar-refractivity contribution in [2.24, 2.45) is 4.99 Å². The number of nitrogens with one attached hydrogen (secondary N) is 1. The van der Waals surface area contributed by atoms with E-state index in [1.807, 2.05) is 0 Å². The fourth-order valence-electron chi connectivity index (χ4n) is 3.68. The van der Waals surface area contributed by atoms with Gasteiger partial charge in [0, 0.05) is 12.7 Å². The van der Waals surface area contributed by atoms with Crippen LogP contribution in [0.4, 0.5) is 13.2 Å². The van der Waals surface area contributed by atoms with Crippen molar-refractivity contribution in [3.63, 3.8) is 0 Å². The molecule has 1 aliphatic heterocycles. The zero-order valence-electron chi connectivity index (χ0n) is 18.3. The number of methoxy groups -OCH3 is 1. The Hall–Kier alpha value is -3.79. The predicted molar refractivity (Wildman–Crippen MR) is 120 cm³/mol. The lowest BCUT2D eigenvalue weighted by Gasteiger charge is -2.22. The first-order valence-electron chi connectivity index (χ1n) is 10.5. The molecular weight excluding hydrogens is 447 g/mol. The van der Waals surface area contributed by atoms with Gasteiger partial charge in [-0.1, -0.05) is 18.2 Å². The molecule has 176 valence electrons. The van der Waals surface area contributed by atoms with Gasteiger partial charge in [-0.15, -0.1) is 0 Å². The molecule has 0 radical (unpaired) electrons. The molecule has 0 aliphatic carbocycles. The van der Waals surface area contributed by atoms with Crippen LogP contribution in [0.1, 0.15) is 21.5 Å². The first kappa shape index (κ1) is 23.4. The summed E-state index contributed by atoms with van der Waals surface area (Å²) in [4.78, 5) is 18.8. The number of aliphatic imine (C=N–C) groups is 1. The van der Waals surface area contributed by atoms with E-state index in [1.54, 1.807) is 18.2 Å². The number of alkyl halides is 1. The van der Waals surface area contributed by atoms with Crippen LogP contribution in [0.15, 0.2) is 65.9 Å². The summed E-state index contributed by atoms with van der Waals surface area (Å²) < 4.78 is 47.8. The van der Waals surface area contributed by atoms with Crippen LogP contribution < -0.4 is 5.32 Å². The van der Waals surface area contributed by atoms with Gasteiger partial charge in [0.1, 0.15) is 17.8 Å². The minimum Gasteiger partial charge on any atom is -0.382 e. The van der Waals surface area contributed by atoms with Crippen molar-refractivity contribution in [3.05, 3.63) is 89.3 Å². The van der Waals surface area contributed by atoms with Crippen LogP contribution in [0.3, 0.4) is 0 Å². The summed E-state index contributed by atoms with van der Waals surface area (Å²) in [6, 6.07) is 8.95. The standard InChI is InChI=1S/C24H22F3N5O2/c1-34-14-20(27)22(13-32-29-9-10-30-32)31-24(33)18-3-2-4-19(26)23(18)21-11-16(12-28-21)15-5-7-17(25)8-6-15/h2-11,20,22H,12-14H2,1H3,(H,31,33)/t20?,22-/m1/s1. The largest absolute Gasteiger partial charge is 0.382 e. The molecule has 2 aromatic carbocycles. The molecule has 1 aromatic heterocycles. The van der Waals surface area contributed by atoms with Gasteiger partial charge in [0.05, 0.1) is 49.4 Å². The average Bonchev–Trinajstić information content (AvgIpc) is 3.51. The first-order valence-corrected chi connectivity index (χ1v) is 10.5. The topological polar surface area (TPSA) is 81.4 Å². The summed E-state index contributed by atoms with van der Waals surface area (Å²) in [5.41, 5.74) is 1.81. The van der Waals surface area contributed by atoms with E-state index in [2.05, 4.69) is 20.5 Å². The van der Waals surface area contributed by atoms with Crippen molar-refractivity contribution in [2.75, 3.05) is 20.3 Å². The van der Waals surface area contributed by atoms with E-state index in [0.29, 0.717) is 0 Å². The number of nitrogens with zero attached hydrogens (tertiary/aromatic N) is 4. The number of carbonyl (C=O) groups excluding carboxylic acids is 1. The Morgan fingerprint density at radius 2 is 1.88 bits per heavy atom. The molecular formula is C24H22F3N5O2. The second-order valence-corrected chi connectivity index (χ2v) is 7.68. The molecule has 4 rings (SSSR count). The zero-order chi connectivity index (χ0) is 24.1. The second-order valence-electron chi connectivity index (χ2n) is 7.68. The van der Waals surface area contributed by atoms with Gasteiger partial charge in [0.15, 0.2) is 0 Å². The van der Waals surface area contributed by atoms with Crippen LogP contribution in [0.25, 0.3) is 5.57 Å². The van der Waals surface area contributed by atoms with Crippen LogP contribution in [0.2, 0.25) is 0 Å². The third-order valence-corrected chi connectivity index (χ3v) is 5.37. The Morgan fingerprint density at radius 1 is 1.15 bits per heavy atom. The van der Waals surface area contributed by atoms with Gasteiger partial charge in [0.25, 0.3) is 5.91 Å². The monoisotopic (exact) mass is 469 g/mol. The van der Waals surface area contributed by atoms with Crippen LogP contribution >= 0.6 is 0 Å². The molecule has 1 aliphatic rings. The summed E-state index contributed by atoms with van der Waals surface area (Å²) in [5.74, 6) is -1.67. The van der Waals surface area contributed by atoms with Crippen molar-refractivity contribution in [3.8, 4) is 0 Å². The minimum absolute atomic E-state index is 0.00947. The number of amides is 1. The van der Waals surface area contributed by atoms with Crippen molar-refractivity contribution in [2.45, 2.75) is 18.8 Å². The Morgan fingerprint density at radius 3 is 2.59 bits per heavy atom. The molecule has 0 saturated carbocycles. The predicted octanol–water partition coefficient (Wildman–Crippen LogP) is 3.23. The molecule has 7 nitrogen and oxygen atoms in total. The highest BCUT2D eigenvalue weighted by molar-refractivity contribution is 6.19. The average molecular weight is 469 g/mol. The van der Waals surface area contributed by atoms with Gasteiger partial charge in [-0.05, 0) is 41.5 Å². The fourth-order valence-corrected chi connectivity index (χ4v) is 3.68. The number of benzene rings is 2. The number of ether oxygens (including phenoxy) is 1. The maximum absolute atomic E-state index is 14.9. The van der Waals surface area contributed by atoms with Gasteiger partial charge >= 0.3 is 0 Å². The summed E-state index contributed by atoms with van der Waals surface area (Å²) in [5, 5.41) is 10.5. The van der Waals surface area contributed by atoms with E-state index in [0.717, 1.165) is 11.1 Å². The summed E-state index contributed by atoms with van der Waals surface area (Å²) in [7, 11) is 1.35. The Kier molecular flexibility index (Phi) is 7.17. The maximum atomic E-state index is 14.9. The normalized spacial score (nSPS) is 14.9. The van der Waals surface area contributed by atoms with E-state index in [1.165, 1.54) is 54.6 Å². The number of carbonyl (C=O) groups is 1. The fraction of sp³-hybridized carbons (Fsp3) is 0.250. The van der Waals surface area contributed by atoms with Gasteiger partial charge in [-0.3, -0.25) is 9.79 Å². The number of rotatable bonds is 9. The first-order chi connectivity index (χ1) is 16.5.